The number of anilines is 1. The third-order valence-electron chi connectivity index (χ3n) is 3.31. The normalized spacial score (nSPS) is 16.0. The van der Waals surface area contributed by atoms with Crippen molar-refractivity contribution in [3.05, 3.63) is 30.9 Å². The van der Waals surface area contributed by atoms with Crippen LogP contribution in [0.25, 0.3) is 0 Å². The highest BCUT2D eigenvalue weighted by Crippen LogP contribution is 2.29. The van der Waals surface area contributed by atoms with E-state index >= 15 is 0 Å². The topological polar surface area (TPSA) is 87.7 Å². The van der Waals surface area contributed by atoms with Crippen LogP contribution in [0, 0.1) is 0 Å². The highest BCUT2D eigenvalue weighted by Gasteiger charge is 2.28. The van der Waals surface area contributed by atoms with E-state index in [1.165, 1.54) is 29.6 Å². The van der Waals surface area contributed by atoms with Crippen molar-refractivity contribution in [2.75, 3.05) is 38.6 Å². The van der Waals surface area contributed by atoms with Gasteiger partial charge in [0.1, 0.15) is 10.6 Å². The van der Waals surface area contributed by atoms with E-state index in [1.807, 2.05) is 0 Å². The second-order valence-corrected chi connectivity index (χ2v) is 6.62. The zero-order valence-corrected chi connectivity index (χ0v) is 13.1. The summed E-state index contributed by atoms with van der Waals surface area (Å²) in [5.41, 5.74) is 0.445. The number of carbonyl (C=O) groups is 1. The third kappa shape index (κ3) is 3.46. The molecule has 2 rings (SSSR count). The molecule has 1 heterocycles. The summed E-state index contributed by atoms with van der Waals surface area (Å²) < 4.78 is 31.9. The monoisotopic (exact) mass is 325 g/mol. The van der Waals surface area contributed by atoms with Gasteiger partial charge < -0.3 is 15.4 Å². The predicted molar refractivity (Wildman–Crippen MR) is 83.4 cm³/mol. The lowest BCUT2D eigenvalue weighted by Gasteiger charge is -2.27. The van der Waals surface area contributed by atoms with E-state index < -0.39 is 10.0 Å². The first-order chi connectivity index (χ1) is 10.5. The van der Waals surface area contributed by atoms with Gasteiger partial charge in [0, 0.05) is 37.9 Å². The van der Waals surface area contributed by atoms with E-state index in [4.69, 9.17) is 4.74 Å². The molecule has 0 saturated carbocycles. The molecule has 1 aromatic rings. The Morgan fingerprint density at radius 1 is 1.41 bits per heavy atom. The van der Waals surface area contributed by atoms with Crippen LogP contribution in [0.1, 0.15) is 0 Å². The molecule has 0 aliphatic carbocycles. The average Bonchev–Trinajstić information content (AvgIpc) is 2.55. The maximum absolute atomic E-state index is 12.7. The summed E-state index contributed by atoms with van der Waals surface area (Å²) in [7, 11) is -2.23. The van der Waals surface area contributed by atoms with Crippen molar-refractivity contribution >= 4 is 21.6 Å². The molecule has 7 nitrogen and oxygen atoms in total. The molecule has 0 spiro atoms. The Morgan fingerprint density at radius 2 is 2.09 bits per heavy atom. The number of rotatable bonds is 5. The molecule has 1 amide bonds. The molecule has 0 aromatic heterocycles. The quantitative estimate of drug-likeness (QED) is 0.766. The number of benzene rings is 1. The summed E-state index contributed by atoms with van der Waals surface area (Å²) in [6.07, 6.45) is 1.14. The minimum absolute atomic E-state index is 0.0912. The Labute approximate surface area is 130 Å². The van der Waals surface area contributed by atoms with Crippen LogP contribution in [0.5, 0.6) is 5.75 Å². The highest BCUT2D eigenvalue weighted by atomic mass is 32.2. The Morgan fingerprint density at radius 3 is 2.68 bits per heavy atom. The molecule has 2 N–H and O–H groups in total. The smallest absolute Gasteiger partial charge is 0.247 e. The number of amides is 1. The van der Waals surface area contributed by atoms with Gasteiger partial charge >= 0.3 is 0 Å². The van der Waals surface area contributed by atoms with Crippen molar-refractivity contribution in [2.45, 2.75) is 4.90 Å². The van der Waals surface area contributed by atoms with Gasteiger partial charge in [-0.25, -0.2) is 8.42 Å². The SMILES string of the molecule is C=CC(=O)Nc1ccc(S(=O)(=O)N2CCNCC2)c(OC)c1. The molecule has 1 aliphatic heterocycles. The van der Waals surface area contributed by atoms with Crippen molar-refractivity contribution < 1.29 is 17.9 Å². The standard InChI is InChI=1S/C14H19N3O4S/c1-3-14(18)16-11-4-5-13(12(10-11)21-2)22(19,20)17-8-6-15-7-9-17/h3-5,10,15H,1,6-9H2,2H3,(H,16,18). The number of hydrogen-bond donors (Lipinski definition) is 2. The maximum Gasteiger partial charge on any atom is 0.247 e. The second-order valence-electron chi connectivity index (χ2n) is 4.71. The zero-order chi connectivity index (χ0) is 16.2. The van der Waals surface area contributed by atoms with Crippen LogP contribution in [0.4, 0.5) is 5.69 Å². The number of nitrogens with one attached hydrogen (secondary N) is 2. The summed E-state index contributed by atoms with van der Waals surface area (Å²) in [4.78, 5) is 11.4. The number of ether oxygens (including phenoxy) is 1. The number of sulfonamides is 1. The number of carbonyl (C=O) groups excluding carboxylic acids is 1. The van der Waals surface area contributed by atoms with E-state index in [-0.39, 0.29) is 16.6 Å². The Bertz CT molecular complexity index is 667. The third-order valence-corrected chi connectivity index (χ3v) is 5.25. The maximum atomic E-state index is 12.7. The van der Waals surface area contributed by atoms with Crippen molar-refractivity contribution in [2.24, 2.45) is 0 Å². The van der Waals surface area contributed by atoms with Crippen LogP contribution in [0.2, 0.25) is 0 Å². The number of methoxy groups -OCH3 is 1. The van der Waals surface area contributed by atoms with Crippen LogP contribution < -0.4 is 15.4 Å². The van der Waals surface area contributed by atoms with Crippen molar-refractivity contribution in [1.82, 2.24) is 9.62 Å². The van der Waals surface area contributed by atoms with Crippen LogP contribution >= 0.6 is 0 Å². The molecule has 22 heavy (non-hydrogen) atoms. The molecular weight excluding hydrogens is 306 g/mol. The molecule has 0 bridgehead atoms. The minimum atomic E-state index is -3.62. The first-order valence-electron chi connectivity index (χ1n) is 6.81. The van der Waals surface area contributed by atoms with Crippen LogP contribution in [-0.4, -0.2) is 51.9 Å². The van der Waals surface area contributed by atoms with Gasteiger partial charge in [-0.2, -0.15) is 4.31 Å². The van der Waals surface area contributed by atoms with Gasteiger partial charge in [0.05, 0.1) is 7.11 Å². The fourth-order valence-corrected chi connectivity index (χ4v) is 3.75. The van der Waals surface area contributed by atoms with Gasteiger partial charge in [0.25, 0.3) is 0 Å². The van der Waals surface area contributed by atoms with Gasteiger partial charge in [-0.05, 0) is 18.2 Å². The molecule has 8 heteroatoms. The van der Waals surface area contributed by atoms with E-state index in [0.717, 1.165) is 6.08 Å². The summed E-state index contributed by atoms with van der Waals surface area (Å²) in [6, 6.07) is 4.45. The first-order valence-corrected chi connectivity index (χ1v) is 8.25. The molecule has 0 atom stereocenters. The summed E-state index contributed by atoms with van der Waals surface area (Å²) in [6.45, 7) is 5.44. The largest absolute Gasteiger partial charge is 0.495 e. The van der Waals surface area contributed by atoms with Crippen LogP contribution in [0.15, 0.2) is 35.7 Å². The van der Waals surface area contributed by atoms with E-state index in [2.05, 4.69) is 17.2 Å². The van der Waals surface area contributed by atoms with Gasteiger partial charge in [-0.1, -0.05) is 6.58 Å². The Kier molecular flexibility index (Phi) is 5.17. The van der Waals surface area contributed by atoms with Gasteiger partial charge in [0.2, 0.25) is 15.9 Å². The predicted octanol–water partition coefficient (Wildman–Crippen LogP) is 0.414. The Balaban J connectivity index is 2.33. The second kappa shape index (κ2) is 6.91. The van der Waals surface area contributed by atoms with Crippen LogP contribution in [0.3, 0.4) is 0 Å². The molecule has 0 unspecified atom stereocenters. The molecular formula is C14H19N3O4S. The van der Waals surface area contributed by atoms with E-state index in [0.29, 0.717) is 31.9 Å². The fraction of sp³-hybridized carbons (Fsp3) is 0.357. The molecule has 0 radical (unpaired) electrons. The van der Waals surface area contributed by atoms with Crippen LogP contribution in [-0.2, 0) is 14.8 Å². The van der Waals surface area contributed by atoms with Gasteiger partial charge in [0.15, 0.2) is 0 Å². The minimum Gasteiger partial charge on any atom is -0.495 e. The van der Waals surface area contributed by atoms with Crippen molar-refractivity contribution in [3.63, 3.8) is 0 Å². The zero-order valence-electron chi connectivity index (χ0n) is 12.3. The van der Waals surface area contributed by atoms with Crippen molar-refractivity contribution in [1.29, 1.82) is 0 Å². The molecule has 1 fully saturated rings. The fourth-order valence-electron chi connectivity index (χ4n) is 2.18. The average molecular weight is 325 g/mol. The molecule has 1 aromatic carbocycles. The first kappa shape index (κ1) is 16.5. The van der Waals surface area contributed by atoms with Gasteiger partial charge in [-0.15, -0.1) is 0 Å². The molecule has 1 saturated heterocycles. The number of piperazine rings is 1. The highest BCUT2D eigenvalue weighted by molar-refractivity contribution is 7.89. The molecule has 1 aliphatic rings. The van der Waals surface area contributed by atoms with Crippen molar-refractivity contribution in [3.8, 4) is 5.75 Å². The summed E-state index contributed by atoms with van der Waals surface area (Å²) >= 11 is 0. The lowest BCUT2D eigenvalue weighted by molar-refractivity contribution is -0.111. The summed E-state index contributed by atoms with van der Waals surface area (Å²) in [5, 5.41) is 5.68. The number of nitrogens with zero attached hydrogens (tertiary/aromatic N) is 1. The van der Waals surface area contributed by atoms with Gasteiger partial charge in [-0.3, -0.25) is 4.79 Å². The van der Waals surface area contributed by atoms with E-state index in [1.54, 1.807) is 0 Å². The number of hydrogen-bond acceptors (Lipinski definition) is 5. The van der Waals surface area contributed by atoms with E-state index in [9.17, 15) is 13.2 Å². The lowest BCUT2D eigenvalue weighted by Crippen LogP contribution is -2.46. The molecule has 120 valence electrons. The lowest BCUT2D eigenvalue weighted by atomic mass is 10.3. The summed E-state index contributed by atoms with van der Waals surface area (Å²) in [5.74, 6) is -0.180. The Hall–Kier alpha value is -1.90.